The van der Waals surface area contributed by atoms with Crippen LogP contribution >= 0.6 is 24.0 Å². The number of hydrogen-bond acceptors (Lipinski definition) is 3. The normalized spacial score (nSPS) is 13.6. The molecule has 0 saturated carbocycles. The van der Waals surface area contributed by atoms with E-state index in [-0.39, 0.29) is 0 Å². The highest BCUT2D eigenvalue weighted by Gasteiger charge is 2.00. The maximum absolute atomic E-state index is 10.3. The van der Waals surface area contributed by atoms with Crippen molar-refractivity contribution in [1.82, 2.24) is 0 Å². The lowest BCUT2D eigenvalue weighted by atomic mass is 10.7. The van der Waals surface area contributed by atoms with Crippen LogP contribution in [0.2, 0.25) is 0 Å². The van der Waals surface area contributed by atoms with E-state index in [4.69, 9.17) is 4.55 Å². The summed E-state index contributed by atoms with van der Waals surface area (Å²) in [7, 11) is 0. The summed E-state index contributed by atoms with van der Waals surface area (Å²) < 4.78 is 19.5. The van der Waals surface area contributed by atoms with Crippen molar-refractivity contribution in [3.8, 4) is 0 Å². The third-order valence-corrected chi connectivity index (χ3v) is 2.73. The van der Waals surface area contributed by atoms with Gasteiger partial charge in [0, 0.05) is 5.38 Å². The molecule has 1 aromatic heterocycles. The highest BCUT2D eigenvalue weighted by molar-refractivity contribution is 7.83. The molecule has 1 N–H and O–H groups in total. The summed E-state index contributed by atoms with van der Waals surface area (Å²) in [4.78, 5) is 0.421. The minimum Gasteiger partial charge on any atom is -0.302 e. The molecule has 5 heteroatoms. The zero-order valence-electron chi connectivity index (χ0n) is 4.27. The second kappa shape index (κ2) is 2.83. The van der Waals surface area contributed by atoms with Crippen LogP contribution in [0.25, 0.3) is 0 Å². The zero-order chi connectivity index (χ0) is 6.85. The van der Waals surface area contributed by atoms with Crippen molar-refractivity contribution in [2.45, 2.75) is 9.10 Å². The van der Waals surface area contributed by atoms with Gasteiger partial charge in [0.15, 0.2) is 11.1 Å². The van der Waals surface area contributed by atoms with Crippen molar-refractivity contribution in [1.29, 1.82) is 0 Å². The third-order valence-electron chi connectivity index (χ3n) is 0.763. The quantitative estimate of drug-likeness (QED) is 0.509. The minimum absolute atomic E-state index is 0.421. The lowest BCUT2D eigenvalue weighted by Gasteiger charge is -1.81. The predicted octanol–water partition coefficient (Wildman–Crippen LogP) is 1.62. The van der Waals surface area contributed by atoms with E-state index in [0.29, 0.717) is 4.90 Å². The first-order valence-corrected chi connectivity index (χ1v) is 4.52. The number of thiophene rings is 1. The second-order valence-electron chi connectivity index (χ2n) is 1.37. The molecule has 1 aromatic rings. The van der Waals surface area contributed by atoms with Crippen LogP contribution in [0.5, 0.6) is 0 Å². The summed E-state index contributed by atoms with van der Waals surface area (Å²) in [6, 6.07) is 1.57. The van der Waals surface area contributed by atoms with Crippen LogP contribution in [-0.4, -0.2) is 8.76 Å². The van der Waals surface area contributed by atoms with Crippen molar-refractivity contribution in [3.05, 3.63) is 11.4 Å². The first kappa shape index (κ1) is 7.27. The number of thiol groups is 1. The topological polar surface area (TPSA) is 37.3 Å². The van der Waals surface area contributed by atoms with Crippen molar-refractivity contribution in [2.75, 3.05) is 0 Å². The summed E-state index contributed by atoms with van der Waals surface area (Å²) >= 11 is 3.47. The van der Waals surface area contributed by atoms with Crippen molar-refractivity contribution < 1.29 is 8.76 Å². The molecule has 50 valence electrons. The fourth-order valence-corrected chi connectivity index (χ4v) is 2.05. The highest BCUT2D eigenvalue weighted by atomic mass is 32.2. The average Bonchev–Trinajstić information content (AvgIpc) is 2.14. The molecule has 9 heavy (non-hydrogen) atoms. The monoisotopic (exact) mass is 180 g/mol. The van der Waals surface area contributed by atoms with E-state index < -0.39 is 11.1 Å². The summed E-state index contributed by atoms with van der Waals surface area (Å²) in [5, 5.41) is 1.61. The first-order chi connectivity index (χ1) is 4.20. The fraction of sp³-hybridized carbons (Fsp3) is 0. The van der Waals surface area contributed by atoms with Gasteiger partial charge in [0.05, 0.1) is 9.10 Å². The molecule has 0 radical (unpaired) electrons. The van der Waals surface area contributed by atoms with Gasteiger partial charge < -0.3 is 4.55 Å². The molecule has 1 unspecified atom stereocenters. The average molecular weight is 180 g/mol. The molecule has 0 aromatic carbocycles. The Morgan fingerprint density at radius 3 is 2.67 bits per heavy atom. The van der Waals surface area contributed by atoms with Gasteiger partial charge >= 0.3 is 0 Å². The Morgan fingerprint density at radius 2 is 2.44 bits per heavy atom. The molecule has 1 heterocycles. The van der Waals surface area contributed by atoms with Gasteiger partial charge in [0.2, 0.25) is 0 Å². The molecule has 0 aliphatic carbocycles. The van der Waals surface area contributed by atoms with E-state index in [9.17, 15) is 4.21 Å². The highest BCUT2D eigenvalue weighted by Crippen LogP contribution is 2.19. The van der Waals surface area contributed by atoms with Crippen LogP contribution in [0.1, 0.15) is 0 Å². The van der Waals surface area contributed by atoms with Gasteiger partial charge in [-0.2, -0.15) is 0 Å². The summed E-state index contributed by atoms with van der Waals surface area (Å²) in [6.45, 7) is 0. The Kier molecular flexibility index (Phi) is 2.29. The third kappa shape index (κ3) is 1.79. The SMILES string of the molecule is O=S(O)c1csc(S)c1. The Morgan fingerprint density at radius 1 is 1.78 bits per heavy atom. The molecular weight excluding hydrogens is 176 g/mol. The Balaban J connectivity index is 2.98. The molecule has 0 aliphatic heterocycles. The van der Waals surface area contributed by atoms with Gasteiger partial charge in [0.1, 0.15) is 0 Å². The van der Waals surface area contributed by atoms with Gasteiger partial charge in [0.25, 0.3) is 0 Å². The van der Waals surface area contributed by atoms with Gasteiger partial charge in [-0.15, -0.1) is 24.0 Å². The Bertz CT molecular complexity index is 229. The number of rotatable bonds is 1. The van der Waals surface area contributed by atoms with Gasteiger partial charge in [-0.1, -0.05) is 0 Å². The molecule has 0 amide bonds. The lowest BCUT2D eigenvalue weighted by molar-refractivity contribution is 0.564. The summed E-state index contributed by atoms with van der Waals surface area (Å²) in [6.07, 6.45) is 0. The minimum atomic E-state index is -1.85. The van der Waals surface area contributed by atoms with Crippen LogP contribution < -0.4 is 0 Å². The van der Waals surface area contributed by atoms with Crippen LogP contribution in [0, 0.1) is 0 Å². The van der Waals surface area contributed by atoms with Crippen LogP contribution in [0.15, 0.2) is 20.6 Å². The molecule has 1 atom stereocenters. The van der Waals surface area contributed by atoms with Crippen molar-refractivity contribution >= 4 is 35.0 Å². The predicted molar refractivity (Wildman–Crippen MR) is 40.6 cm³/mol. The van der Waals surface area contributed by atoms with Crippen LogP contribution in [-0.2, 0) is 11.1 Å². The summed E-state index contributed by atoms with van der Waals surface area (Å²) in [5.74, 6) is 0. The maximum Gasteiger partial charge on any atom is 0.187 e. The van der Waals surface area contributed by atoms with E-state index in [1.165, 1.54) is 11.3 Å². The molecule has 0 spiro atoms. The molecule has 2 nitrogen and oxygen atoms in total. The smallest absolute Gasteiger partial charge is 0.187 e. The van der Waals surface area contributed by atoms with Gasteiger partial charge in [-0.3, -0.25) is 0 Å². The van der Waals surface area contributed by atoms with E-state index in [1.54, 1.807) is 11.4 Å². The molecule has 0 saturated heterocycles. The molecule has 0 fully saturated rings. The van der Waals surface area contributed by atoms with Gasteiger partial charge in [-0.05, 0) is 6.07 Å². The molecular formula is C4H4O2S3. The second-order valence-corrected chi connectivity index (χ2v) is 4.04. The van der Waals surface area contributed by atoms with Crippen LogP contribution in [0.3, 0.4) is 0 Å². The standard InChI is InChI=1S/C4H4O2S3/c5-9(6)3-1-4(7)8-2-3/h1-2,7H,(H,5,6). The van der Waals surface area contributed by atoms with E-state index in [0.717, 1.165) is 4.21 Å². The molecule has 0 aliphatic rings. The van der Waals surface area contributed by atoms with Crippen molar-refractivity contribution in [3.63, 3.8) is 0 Å². The molecule has 1 rings (SSSR count). The largest absolute Gasteiger partial charge is 0.302 e. The summed E-state index contributed by atoms with van der Waals surface area (Å²) in [5.41, 5.74) is 0. The van der Waals surface area contributed by atoms with E-state index in [2.05, 4.69) is 12.6 Å². The Hall–Kier alpha value is 0.160. The van der Waals surface area contributed by atoms with Gasteiger partial charge in [-0.25, -0.2) is 4.21 Å². The maximum atomic E-state index is 10.3. The first-order valence-electron chi connectivity index (χ1n) is 2.08. The fourth-order valence-electron chi connectivity index (χ4n) is 0.400. The molecule has 0 bridgehead atoms. The Labute approximate surface area is 64.6 Å². The van der Waals surface area contributed by atoms with Crippen molar-refractivity contribution in [2.24, 2.45) is 0 Å². The van der Waals surface area contributed by atoms with E-state index in [1.807, 2.05) is 0 Å². The van der Waals surface area contributed by atoms with Crippen LogP contribution in [0.4, 0.5) is 0 Å². The lowest BCUT2D eigenvalue weighted by Crippen LogP contribution is -1.81. The van der Waals surface area contributed by atoms with E-state index >= 15 is 0 Å². The zero-order valence-corrected chi connectivity index (χ0v) is 6.80. The number of hydrogen-bond donors (Lipinski definition) is 2.